The molecule has 27 heavy (non-hydrogen) atoms. The maximum Gasteiger partial charge on any atom is 0.252 e. The van der Waals surface area contributed by atoms with Crippen LogP contribution >= 0.6 is 0 Å². The van der Waals surface area contributed by atoms with E-state index in [1.165, 1.54) is 16.4 Å². The molecule has 1 aliphatic rings. The van der Waals surface area contributed by atoms with Gasteiger partial charge >= 0.3 is 0 Å². The summed E-state index contributed by atoms with van der Waals surface area (Å²) in [5.41, 5.74) is 1.42. The molecule has 0 unspecified atom stereocenters. The molecule has 0 radical (unpaired) electrons. The number of sulfonamides is 1. The SMILES string of the molecule is N#Cc1cccc(CNC(=O)c2ccccc2S(=O)(=O)N2CCCCC2)c1. The lowest BCUT2D eigenvalue weighted by Gasteiger charge is -2.26. The number of amides is 1. The van der Waals surface area contributed by atoms with Crippen molar-refractivity contribution in [3.05, 3.63) is 65.2 Å². The third-order valence-electron chi connectivity index (χ3n) is 4.57. The van der Waals surface area contributed by atoms with Crippen molar-refractivity contribution in [3.63, 3.8) is 0 Å². The molecule has 2 aromatic carbocycles. The lowest BCUT2D eigenvalue weighted by atomic mass is 10.1. The molecule has 2 aromatic rings. The molecule has 1 amide bonds. The highest BCUT2D eigenvalue weighted by Gasteiger charge is 2.29. The van der Waals surface area contributed by atoms with E-state index in [1.807, 2.05) is 0 Å². The first-order valence-electron chi connectivity index (χ1n) is 8.89. The van der Waals surface area contributed by atoms with Crippen molar-refractivity contribution in [2.24, 2.45) is 0 Å². The molecule has 1 aliphatic heterocycles. The third-order valence-corrected chi connectivity index (χ3v) is 6.53. The van der Waals surface area contributed by atoms with Crippen LogP contribution in [0.3, 0.4) is 0 Å². The van der Waals surface area contributed by atoms with Crippen molar-refractivity contribution in [3.8, 4) is 6.07 Å². The molecule has 0 atom stereocenters. The van der Waals surface area contributed by atoms with Crippen LogP contribution in [0, 0.1) is 11.3 Å². The van der Waals surface area contributed by atoms with Gasteiger partial charge in [0.05, 0.1) is 22.1 Å². The number of carbonyl (C=O) groups is 1. The second kappa shape index (κ2) is 8.33. The van der Waals surface area contributed by atoms with Crippen LogP contribution in [0.2, 0.25) is 0 Å². The average molecular weight is 383 g/mol. The summed E-state index contributed by atoms with van der Waals surface area (Å²) in [5.74, 6) is -0.450. The van der Waals surface area contributed by atoms with Crippen LogP contribution in [0.25, 0.3) is 0 Å². The number of carbonyl (C=O) groups excluding carboxylic acids is 1. The van der Waals surface area contributed by atoms with E-state index in [0.29, 0.717) is 18.7 Å². The second-order valence-corrected chi connectivity index (χ2v) is 8.36. The summed E-state index contributed by atoms with van der Waals surface area (Å²) >= 11 is 0. The number of nitriles is 1. The number of hydrogen-bond donors (Lipinski definition) is 1. The zero-order valence-electron chi connectivity index (χ0n) is 14.9. The van der Waals surface area contributed by atoms with Crippen molar-refractivity contribution >= 4 is 15.9 Å². The van der Waals surface area contributed by atoms with E-state index in [0.717, 1.165) is 24.8 Å². The van der Waals surface area contributed by atoms with Gasteiger partial charge in [-0.2, -0.15) is 9.57 Å². The molecule has 6 nitrogen and oxygen atoms in total. The van der Waals surface area contributed by atoms with Crippen molar-refractivity contribution in [2.45, 2.75) is 30.7 Å². The second-order valence-electron chi connectivity index (χ2n) is 6.46. The highest BCUT2D eigenvalue weighted by molar-refractivity contribution is 7.89. The van der Waals surface area contributed by atoms with Gasteiger partial charge in [0.1, 0.15) is 0 Å². The minimum absolute atomic E-state index is 0.0372. The van der Waals surface area contributed by atoms with Crippen molar-refractivity contribution < 1.29 is 13.2 Å². The predicted molar refractivity (Wildman–Crippen MR) is 101 cm³/mol. The molecule has 0 aliphatic carbocycles. The van der Waals surface area contributed by atoms with E-state index in [4.69, 9.17) is 5.26 Å². The van der Waals surface area contributed by atoms with Crippen LogP contribution in [-0.4, -0.2) is 31.7 Å². The summed E-state index contributed by atoms with van der Waals surface area (Å²) in [6.07, 6.45) is 2.70. The summed E-state index contributed by atoms with van der Waals surface area (Å²) in [4.78, 5) is 12.7. The van der Waals surface area contributed by atoms with Gasteiger partial charge in [0.2, 0.25) is 10.0 Å². The summed E-state index contributed by atoms with van der Waals surface area (Å²) < 4.78 is 27.4. The maximum atomic E-state index is 13.0. The first kappa shape index (κ1) is 19.1. The van der Waals surface area contributed by atoms with E-state index >= 15 is 0 Å². The zero-order chi connectivity index (χ0) is 19.3. The minimum atomic E-state index is -3.70. The maximum absolute atomic E-state index is 13.0. The monoisotopic (exact) mass is 383 g/mol. The van der Waals surface area contributed by atoms with Gasteiger partial charge in [-0.3, -0.25) is 4.79 Å². The van der Waals surface area contributed by atoms with Gasteiger partial charge in [-0.15, -0.1) is 0 Å². The van der Waals surface area contributed by atoms with E-state index in [2.05, 4.69) is 11.4 Å². The van der Waals surface area contributed by atoms with E-state index in [1.54, 1.807) is 36.4 Å². The van der Waals surface area contributed by atoms with Crippen LogP contribution in [-0.2, 0) is 16.6 Å². The molecule has 1 saturated heterocycles. The first-order chi connectivity index (χ1) is 13.0. The summed E-state index contributed by atoms with van der Waals surface area (Å²) in [7, 11) is -3.70. The molecule has 0 aromatic heterocycles. The number of piperidine rings is 1. The molecule has 140 valence electrons. The van der Waals surface area contributed by atoms with Gasteiger partial charge in [0.25, 0.3) is 5.91 Å². The van der Waals surface area contributed by atoms with Crippen molar-refractivity contribution in [2.75, 3.05) is 13.1 Å². The highest BCUT2D eigenvalue weighted by Crippen LogP contribution is 2.23. The molecular formula is C20H21N3O3S. The van der Waals surface area contributed by atoms with E-state index in [-0.39, 0.29) is 17.0 Å². The van der Waals surface area contributed by atoms with E-state index < -0.39 is 15.9 Å². The average Bonchev–Trinajstić information content (AvgIpc) is 2.72. The van der Waals surface area contributed by atoms with Crippen LogP contribution in [0.1, 0.15) is 40.7 Å². The zero-order valence-corrected chi connectivity index (χ0v) is 15.7. The summed E-state index contributed by atoms with van der Waals surface area (Å²) in [6.45, 7) is 1.19. The third kappa shape index (κ3) is 4.35. The molecule has 1 N–H and O–H groups in total. The lowest BCUT2D eigenvalue weighted by molar-refractivity contribution is 0.0947. The van der Waals surface area contributed by atoms with E-state index in [9.17, 15) is 13.2 Å². The normalized spacial score (nSPS) is 15.1. The van der Waals surface area contributed by atoms with Gasteiger partial charge in [-0.05, 0) is 42.7 Å². The lowest BCUT2D eigenvalue weighted by Crippen LogP contribution is -2.37. The molecule has 0 saturated carbocycles. The Labute approximate surface area is 159 Å². The predicted octanol–water partition coefficient (Wildman–Crippen LogP) is 2.66. The van der Waals surface area contributed by atoms with Crippen LogP contribution in [0.15, 0.2) is 53.4 Å². The fourth-order valence-corrected chi connectivity index (χ4v) is 4.86. The Bertz CT molecular complexity index is 974. The van der Waals surface area contributed by atoms with Gasteiger partial charge in [0.15, 0.2) is 0 Å². The van der Waals surface area contributed by atoms with Gasteiger partial charge in [-0.1, -0.05) is 30.7 Å². The number of nitrogens with one attached hydrogen (secondary N) is 1. The molecule has 1 heterocycles. The largest absolute Gasteiger partial charge is 0.348 e. The van der Waals surface area contributed by atoms with Gasteiger partial charge < -0.3 is 5.32 Å². The number of benzene rings is 2. The Hall–Kier alpha value is -2.69. The first-order valence-corrected chi connectivity index (χ1v) is 10.3. The Morgan fingerprint density at radius 1 is 1.07 bits per heavy atom. The molecule has 7 heteroatoms. The highest BCUT2D eigenvalue weighted by atomic mass is 32.2. The summed E-state index contributed by atoms with van der Waals surface area (Å²) in [6, 6.07) is 15.3. The number of nitrogens with zero attached hydrogens (tertiary/aromatic N) is 2. The van der Waals surface area contributed by atoms with Gasteiger partial charge in [0, 0.05) is 19.6 Å². The quantitative estimate of drug-likeness (QED) is 0.859. The fraction of sp³-hybridized carbons (Fsp3) is 0.300. The molecule has 0 spiro atoms. The molecular weight excluding hydrogens is 362 g/mol. The van der Waals surface area contributed by atoms with Crippen LogP contribution < -0.4 is 5.32 Å². The summed E-state index contributed by atoms with van der Waals surface area (Å²) in [5, 5.41) is 11.7. The Morgan fingerprint density at radius 3 is 2.56 bits per heavy atom. The van der Waals surface area contributed by atoms with Gasteiger partial charge in [-0.25, -0.2) is 8.42 Å². The standard InChI is InChI=1S/C20H21N3O3S/c21-14-16-7-6-8-17(13-16)15-22-20(24)18-9-2-3-10-19(18)27(25,26)23-11-4-1-5-12-23/h2-3,6-10,13H,1,4-5,11-12,15H2,(H,22,24). The Morgan fingerprint density at radius 2 is 1.81 bits per heavy atom. The molecule has 0 bridgehead atoms. The van der Waals surface area contributed by atoms with Crippen LogP contribution in [0.4, 0.5) is 0 Å². The van der Waals surface area contributed by atoms with Crippen molar-refractivity contribution in [1.29, 1.82) is 5.26 Å². The Kier molecular flexibility index (Phi) is 5.89. The van der Waals surface area contributed by atoms with Crippen molar-refractivity contribution in [1.82, 2.24) is 9.62 Å². The number of hydrogen-bond acceptors (Lipinski definition) is 4. The number of rotatable bonds is 5. The van der Waals surface area contributed by atoms with Crippen LogP contribution in [0.5, 0.6) is 0 Å². The molecule has 1 fully saturated rings. The smallest absolute Gasteiger partial charge is 0.252 e. The fourth-order valence-electron chi connectivity index (χ4n) is 3.15. The Balaban J connectivity index is 1.80. The minimum Gasteiger partial charge on any atom is -0.348 e. The topological polar surface area (TPSA) is 90.3 Å². The molecule has 3 rings (SSSR count).